The normalized spacial score (nSPS) is 22.9. The van der Waals surface area contributed by atoms with Crippen molar-refractivity contribution < 1.29 is 9.59 Å². The van der Waals surface area contributed by atoms with E-state index in [-0.39, 0.29) is 23.3 Å². The minimum atomic E-state index is -0.286. The number of likely N-dealkylation sites (tertiary alicyclic amines) is 1. The van der Waals surface area contributed by atoms with Crippen LogP contribution in [0.15, 0.2) is 0 Å². The first-order chi connectivity index (χ1) is 10.0. The van der Waals surface area contributed by atoms with Crippen molar-refractivity contribution in [3.05, 3.63) is 0 Å². The molecule has 5 nitrogen and oxygen atoms in total. The van der Waals surface area contributed by atoms with E-state index in [0.717, 1.165) is 38.5 Å². The van der Waals surface area contributed by atoms with Gasteiger partial charge in [-0.05, 0) is 32.6 Å². The smallest absolute Gasteiger partial charge is 0.224 e. The van der Waals surface area contributed by atoms with Gasteiger partial charge in [-0.2, -0.15) is 0 Å². The summed E-state index contributed by atoms with van der Waals surface area (Å²) < 4.78 is 0. The highest BCUT2D eigenvalue weighted by Crippen LogP contribution is 2.30. The quantitative estimate of drug-likeness (QED) is 0.823. The fourth-order valence-electron chi connectivity index (χ4n) is 3.56. The summed E-state index contributed by atoms with van der Waals surface area (Å²) in [6.45, 7) is 3.99. The number of hydrogen-bond donors (Lipinski definition) is 2. The summed E-state index contributed by atoms with van der Waals surface area (Å²) in [7, 11) is 0. The monoisotopic (exact) mass is 295 g/mol. The molecule has 2 rings (SSSR count). The number of amides is 2. The Bertz CT molecular complexity index is 370. The van der Waals surface area contributed by atoms with Crippen LogP contribution in [-0.4, -0.2) is 41.9 Å². The van der Waals surface area contributed by atoms with Gasteiger partial charge in [-0.3, -0.25) is 9.59 Å². The van der Waals surface area contributed by atoms with Crippen LogP contribution in [0.4, 0.5) is 0 Å². The Kier molecular flexibility index (Phi) is 5.62. The second-order valence-corrected chi connectivity index (χ2v) is 6.65. The lowest BCUT2D eigenvalue weighted by molar-refractivity contribution is -0.136. The summed E-state index contributed by atoms with van der Waals surface area (Å²) in [6.07, 6.45) is 7.47. The van der Waals surface area contributed by atoms with Crippen molar-refractivity contribution >= 4 is 11.8 Å². The molecular formula is C16H29N3O2. The van der Waals surface area contributed by atoms with Crippen molar-refractivity contribution in [3.8, 4) is 0 Å². The molecule has 0 radical (unpaired) electrons. The zero-order valence-corrected chi connectivity index (χ0v) is 13.2. The van der Waals surface area contributed by atoms with Gasteiger partial charge in [0.2, 0.25) is 11.8 Å². The zero-order valence-electron chi connectivity index (χ0n) is 13.2. The van der Waals surface area contributed by atoms with Crippen LogP contribution in [0.5, 0.6) is 0 Å². The zero-order chi connectivity index (χ0) is 15.3. The number of carbonyl (C=O) groups is 2. The van der Waals surface area contributed by atoms with Gasteiger partial charge >= 0.3 is 0 Å². The molecule has 21 heavy (non-hydrogen) atoms. The molecule has 5 heteroatoms. The molecule has 2 fully saturated rings. The first-order valence-corrected chi connectivity index (χ1v) is 8.38. The molecule has 0 aromatic rings. The molecule has 0 aromatic carbocycles. The summed E-state index contributed by atoms with van der Waals surface area (Å²) in [5, 5.41) is 2.87. The summed E-state index contributed by atoms with van der Waals surface area (Å²) in [5.74, 6) is 0.372. The molecule has 0 aromatic heterocycles. The van der Waals surface area contributed by atoms with Crippen LogP contribution in [0.25, 0.3) is 0 Å². The summed E-state index contributed by atoms with van der Waals surface area (Å²) >= 11 is 0. The van der Waals surface area contributed by atoms with Gasteiger partial charge in [-0.1, -0.05) is 19.3 Å². The highest BCUT2D eigenvalue weighted by Gasteiger charge is 2.33. The fourth-order valence-corrected chi connectivity index (χ4v) is 3.56. The lowest BCUT2D eigenvalue weighted by atomic mass is 9.80. The van der Waals surface area contributed by atoms with E-state index in [2.05, 4.69) is 5.32 Å². The molecule has 0 bridgehead atoms. The summed E-state index contributed by atoms with van der Waals surface area (Å²) in [6, 6.07) is 0. The van der Waals surface area contributed by atoms with Crippen LogP contribution >= 0.6 is 0 Å². The lowest BCUT2D eigenvalue weighted by Crippen LogP contribution is -2.49. The third-order valence-electron chi connectivity index (χ3n) is 4.92. The van der Waals surface area contributed by atoms with Crippen LogP contribution in [0.2, 0.25) is 0 Å². The average molecular weight is 295 g/mol. The Balaban J connectivity index is 1.79. The molecular weight excluding hydrogens is 266 g/mol. The van der Waals surface area contributed by atoms with Gasteiger partial charge in [-0.15, -0.1) is 0 Å². The van der Waals surface area contributed by atoms with E-state index in [1.165, 1.54) is 6.42 Å². The van der Waals surface area contributed by atoms with E-state index in [0.29, 0.717) is 26.1 Å². The van der Waals surface area contributed by atoms with Gasteiger partial charge in [0.1, 0.15) is 0 Å². The maximum atomic E-state index is 12.4. The molecule has 1 heterocycles. The SMILES string of the molecule is CCNC(=O)C1CCN(C(=O)CC2(N)CCCCC2)CC1. The van der Waals surface area contributed by atoms with Crippen LogP contribution in [0, 0.1) is 5.92 Å². The second-order valence-electron chi connectivity index (χ2n) is 6.65. The van der Waals surface area contributed by atoms with Crippen molar-refractivity contribution in [3.63, 3.8) is 0 Å². The molecule has 1 saturated carbocycles. The van der Waals surface area contributed by atoms with E-state index in [9.17, 15) is 9.59 Å². The van der Waals surface area contributed by atoms with Gasteiger partial charge in [-0.25, -0.2) is 0 Å². The van der Waals surface area contributed by atoms with Crippen molar-refractivity contribution in [1.82, 2.24) is 10.2 Å². The molecule has 0 spiro atoms. The second kappa shape index (κ2) is 7.25. The van der Waals surface area contributed by atoms with Crippen molar-refractivity contribution in [2.75, 3.05) is 19.6 Å². The molecule has 0 atom stereocenters. The minimum absolute atomic E-state index is 0.0653. The first-order valence-electron chi connectivity index (χ1n) is 8.38. The molecule has 120 valence electrons. The Morgan fingerprint density at radius 1 is 1.19 bits per heavy atom. The van der Waals surface area contributed by atoms with E-state index >= 15 is 0 Å². The fraction of sp³-hybridized carbons (Fsp3) is 0.875. The van der Waals surface area contributed by atoms with Crippen molar-refractivity contribution in [1.29, 1.82) is 0 Å². The largest absolute Gasteiger partial charge is 0.356 e. The standard InChI is InChI=1S/C16H29N3O2/c1-2-18-15(21)13-6-10-19(11-7-13)14(20)12-16(17)8-4-3-5-9-16/h13H,2-12,17H2,1H3,(H,18,21). The molecule has 1 saturated heterocycles. The number of nitrogens with two attached hydrogens (primary N) is 1. The predicted octanol–water partition coefficient (Wildman–Crippen LogP) is 1.41. The third-order valence-corrected chi connectivity index (χ3v) is 4.92. The number of rotatable bonds is 4. The Morgan fingerprint density at radius 3 is 2.38 bits per heavy atom. The number of piperidine rings is 1. The van der Waals surface area contributed by atoms with Gasteiger partial charge in [0.15, 0.2) is 0 Å². The van der Waals surface area contributed by atoms with Gasteiger partial charge in [0, 0.05) is 37.5 Å². The molecule has 0 unspecified atom stereocenters. The Morgan fingerprint density at radius 2 is 1.81 bits per heavy atom. The van der Waals surface area contributed by atoms with Crippen LogP contribution in [0.3, 0.4) is 0 Å². The molecule has 2 aliphatic rings. The Labute approximate surface area is 127 Å². The number of nitrogens with zero attached hydrogens (tertiary/aromatic N) is 1. The molecule has 1 aliphatic carbocycles. The van der Waals surface area contributed by atoms with E-state index < -0.39 is 0 Å². The maximum Gasteiger partial charge on any atom is 0.224 e. The van der Waals surface area contributed by atoms with E-state index in [1.807, 2.05) is 11.8 Å². The number of nitrogens with one attached hydrogen (secondary N) is 1. The van der Waals surface area contributed by atoms with Gasteiger partial charge in [0.05, 0.1) is 0 Å². The summed E-state index contributed by atoms with van der Waals surface area (Å²) in [5.41, 5.74) is 6.08. The predicted molar refractivity (Wildman–Crippen MR) is 82.6 cm³/mol. The average Bonchev–Trinajstić information content (AvgIpc) is 2.48. The minimum Gasteiger partial charge on any atom is -0.356 e. The number of hydrogen-bond acceptors (Lipinski definition) is 3. The van der Waals surface area contributed by atoms with Crippen molar-refractivity contribution in [2.24, 2.45) is 11.7 Å². The highest BCUT2D eigenvalue weighted by molar-refractivity contribution is 5.80. The molecule has 1 aliphatic heterocycles. The van der Waals surface area contributed by atoms with Crippen LogP contribution < -0.4 is 11.1 Å². The van der Waals surface area contributed by atoms with Crippen molar-refractivity contribution in [2.45, 2.75) is 63.8 Å². The molecule has 2 amide bonds. The third kappa shape index (κ3) is 4.43. The van der Waals surface area contributed by atoms with E-state index in [4.69, 9.17) is 5.73 Å². The maximum absolute atomic E-state index is 12.4. The molecule has 3 N–H and O–H groups in total. The van der Waals surface area contributed by atoms with Gasteiger partial charge < -0.3 is 16.0 Å². The Hall–Kier alpha value is -1.10. The topological polar surface area (TPSA) is 75.4 Å². The highest BCUT2D eigenvalue weighted by atomic mass is 16.2. The van der Waals surface area contributed by atoms with Crippen LogP contribution in [-0.2, 0) is 9.59 Å². The van der Waals surface area contributed by atoms with Gasteiger partial charge in [0.25, 0.3) is 0 Å². The van der Waals surface area contributed by atoms with E-state index in [1.54, 1.807) is 0 Å². The lowest BCUT2D eigenvalue weighted by Gasteiger charge is -2.37. The van der Waals surface area contributed by atoms with Crippen LogP contribution in [0.1, 0.15) is 58.3 Å². The number of carbonyl (C=O) groups excluding carboxylic acids is 2. The first kappa shape index (κ1) is 16.3. The summed E-state index contributed by atoms with van der Waals surface area (Å²) in [4.78, 5) is 26.1.